The van der Waals surface area contributed by atoms with Crippen LogP contribution in [0.15, 0.2) is 30.3 Å². The summed E-state index contributed by atoms with van der Waals surface area (Å²) in [6.07, 6.45) is 5.14. The molecule has 0 atom stereocenters. The Kier molecular flexibility index (Phi) is 5.17. The van der Waals surface area contributed by atoms with E-state index in [1.807, 2.05) is 12.1 Å². The third kappa shape index (κ3) is 3.80. The van der Waals surface area contributed by atoms with Crippen molar-refractivity contribution >= 4 is 15.6 Å². The lowest BCUT2D eigenvalue weighted by Gasteiger charge is -2.22. The summed E-state index contributed by atoms with van der Waals surface area (Å²) >= 11 is 0. The lowest BCUT2D eigenvalue weighted by atomic mass is 9.87. The van der Waals surface area contributed by atoms with Gasteiger partial charge in [-0.25, -0.2) is 8.42 Å². The smallest absolute Gasteiger partial charge is 0.163 e. The molecule has 1 fully saturated rings. The van der Waals surface area contributed by atoms with E-state index in [1.54, 1.807) is 0 Å². The first-order chi connectivity index (χ1) is 13.3. The zero-order chi connectivity index (χ0) is 19.9. The lowest BCUT2D eigenvalue weighted by molar-refractivity contribution is 0.0994. The van der Waals surface area contributed by atoms with Crippen LogP contribution < -0.4 is 0 Å². The number of sulfone groups is 1. The molecule has 0 spiro atoms. The van der Waals surface area contributed by atoms with Crippen molar-refractivity contribution in [3.8, 4) is 11.1 Å². The number of hydrogen-bond donors (Lipinski definition) is 0. The Hall–Kier alpha value is -1.94. The molecule has 0 N–H and O–H groups in total. The molecular weight excluding hydrogens is 368 g/mol. The average Bonchev–Trinajstić information content (AvgIpc) is 3.02. The molecule has 3 nitrogen and oxygen atoms in total. The van der Waals surface area contributed by atoms with Crippen LogP contribution in [-0.4, -0.2) is 25.7 Å². The maximum Gasteiger partial charge on any atom is 0.163 e. The first-order valence-corrected chi connectivity index (χ1v) is 12.1. The molecule has 1 heterocycles. The Morgan fingerprint density at radius 1 is 0.964 bits per heavy atom. The van der Waals surface area contributed by atoms with Crippen LogP contribution in [0, 0.1) is 19.8 Å². The zero-order valence-electron chi connectivity index (χ0n) is 16.8. The number of benzene rings is 2. The van der Waals surface area contributed by atoms with Crippen LogP contribution in [0.2, 0.25) is 0 Å². The molecule has 4 rings (SSSR count). The summed E-state index contributed by atoms with van der Waals surface area (Å²) in [5, 5.41) is 0. The van der Waals surface area contributed by atoms with Crippen LogP contribution in [0.3, 0.4) is 0 Å². The van der Waals surface area contributed by atoms with Crippen molar-refractivity contribution in [2.75, 3.05) is 11.5 Å². The summed E-state index contributed by atoms with van der Waals surface area (Å²) < 4.78 is 23.2. The summed E-state index contributed by atoms with van der Waals surface area (Å²) in [6, 6.07) is 10.7. The van der Waals surface area contributed by atoms with Crippen molar-refractivity contribution in [2.24, 2.45) is 5.92 Å². The predicted octanol–water partition coefficient (Wildman–Crippen LogP) is 4.86. The van der Waals surface area contributed by atoms with Crippen molar-refractivity contribution in [2.45, 2.75) is 52.4 Å². The van der Waals surface area contributed by atoms with Gasteiger partial charge in [0.15, 0.2) is 5.78 Å². The van der Waals surface area contributed by atoms with Crippen LogP contribution in [0.4, 0.5) is 0 Å². The number of Topliss-reactive ketones (excluding diaryl/α,β-unsaturated/α-hetero) is 1. The molecule has 0 saturated carbocycles. The Morgan fingerprint density at radius 2 is 1.61 bits per heavy atom. The van der Waals surface area contributed by atoms with E-state index in [1.165, 1.54) is 33.4 Å². The van der Waals surface area contributed by atoms with Gasteiger partial charge in [0.25, 0.3) is 0 Å². The molecule has 2 aromatic carbocycles. The molecule has 2 aliphatic rings. The highest BCUT2D eigenvalue weighted by atomic mass is 32.2. The summed E-state index contributed by atoms with van der Waals surface area (Å²) in [6.45, 7) is 4.32. The summed E-state index contributed by atoms with van der Waals surface area (Å²) in [4.78, 5) is 12.1. The van der Waals surface area contributed by atoms with Crippen LogP contribution in [0.25, 0.3) is 11.1 Å². The molecule has 1 saturated heterocycles. The Balaban J connectivity index is 1.54. The maximum absolute atomic E-state index is 12.1. The van der Waals surface area contributed by atoms with E-state index in [0.717, 1.165) is 37.7 Å². The van der Waals surface area contributed by atoms with Gasteiger partial charge in [0.2, 0.25) is 0 Å². The van der Waals surface area contributed by atoms with E-state index in [9.17, 15) is 13.2 Å². The van der Waals surface area contributed by atoms with E-state index in [0.29, 0.717) is 23.8 Å². The van der Waals surface area contributed by atoms with E-state index in [2.05, 4.69) is 32.0 Å². The second kappa shape index (κ2) is 7.47. The van der Waals surface area contributed by atoms with E-state index in [-0.39, 0.29) is 5.78 Å². The Morgan fingerprint density at radius 3 is 2.29 bits per heavy atom. The van der Waals surface area contributed by atoms with Crippen LogP contribution in [0.1, 0.15) is 58.3 Å². The van der Waals surface area contributed by atoms with E-state index < -0.39 is 9.84 Å². The Bertz CT molecular complexity index is 997. The number of aryl methyl sites for hydroxylation is 3. The van der Waals surface area contributed by atoms with E-state index in [4.69, 9.17) is 0 Å². The van der Waals surface area contributed by atoms with Crippen molar-refractivity contribution in [3.05, 3.63) is 58.1 Å². The van der Waals surface area contributed by atoms with Crippen LogP contribution in [0.5, 0.6) is 0 Å². The number of carbonyl (C=O) groups is 1. The van der Waals surface area contributed by atoms with Gasteiger partial charge >= 0.3 is 0 Å². The minimum absolute atomic E-state index is 0.262. The van der Waals surface area contributed by atoms with Gasteiger partial charge in [-0.05, 0) is 85.3 Å². The largest absolute Gasteiger partial charge is 0.294 e. The zero-order valence-corrected chi connectivity index (χ0v) is 17.6. The predicted molar refractivity (Wildman–Crippen MR) is 114 cm³/mol. The molecule has 148 valence electrons. The molecule has 0 unspecified atom stereocenters. The number of hydrogen-bond acceptors (Lipinski definition) is 3. The van der Waals surface area contributed by atoms with Crippen LogP contribution >= 0.6 is 0 Å². The SMILES string of the molecule is Cc1cc(CCC2CCS(=O)(=O)CC2)cc(C)c1-c1cccc2c1CCC2=O. The fourth-order valence-corrected chi connectivity index (χ4v) is 6.53. The number of ketones is 1. The van der Waals surface area contributed by atoms with E-state index >= 15 is 0 Å². The van der Waals surface area contributed by atoms with Gasteiger partial charge in [-0.3, -0.25) is 4.79 Å². The minimum atomic E-state index is -2.78. The van der Waals surface area contributed by atoms with Gasteiger partial charge in [0.1, 0.15) is 9.84 Å². The quantitative estimate of drug-likeness (QED) is 0.742. The van der Waals surface area contributed by atoms with Crippen molar-refractivity contribution < 1.29 is 13.2 Å². The standard InChI is InChI=1S/C24H28O3S/c1-16-14-19(7-6-18-10-12-28(26,27)13-11-18)15-17(2)24(16)22-5-3-4-21-20(22)8-9-23(21)25/h3-5,14-15,18H,6-13H2,1-2H3. The number of rotatable bonds is 4. The molecule has 1 aliphatic carbocycles. The molecule has 0 radical (unpaired) electrons. The third-order valence-corrected chi connectivity index (χ3v) is 8.17. The van der Waals surface area contributed by atoms with Gasteiger partial charge in [0, 0.05) is 12.0 Å². The molecule has 28 heavy (non-hydrogen) atoms. The molecule has 0 aromatic heterocycles. The topological polar surface area (TPSA) is 51.2 Å². The molecule has 2 aromatic rings. The molecule has 0 bridgehead atoms. The summed E-state index contributed by atoms with van der Waals surface area (Å²) in [5.74, 6) is 1.49. The highest BCUT2D eigenvalue weighted by molar-refractivity contribution is 7.91. The second-order valence-electron chi connectivity index (χ2n) is 8.49. The fraction of sp³-hybridized carbons (Fsp3) is 0.458. The molecular formula is C24H28O3S. The summed E-state index contributed by atoms with van der Waals surface area (Å²) in [5.41, 5.74) is 8.42. The highest BCUT2D eigenvalue weighted by Crippen LogP contribution is 2.36. The molecule has 0 amide bonds. The fourth-order valence-electron chi connectivity index (χ4n) is 4.95. The Labute approximate surface area is 168 Å². The highest BCUT2D eigenvalue weighted by Gasteiger charge is 2.25. The first-order valence-electron chi connectivity index (χ1n) is 10.3. The number of fused-ring (bicyclic) bond motifs is 1. The van der Waals surface area contributed by atoms with Gasteiger partial charge in [0.05, 0.1) is 11.5 Å². The van der Waals surface area contributed by atoms with Crippen molar-refractivity contribution in [1.29, 1.82) is 0 Å². The second-order valence-corrected chi connectivity index (χ2v) is 10.8. The van der Waals surface area contributed by atoms with Gasteiger partial charge in [-0.1, -0.05) is 30.3 Å². The first kappa shape index (κ1) is 19.4. The van der Waals surface area contributed by atoms with Crippen LogP contribution in [-0.2, 0) is 22.7 Å². The molecule has 4 heteroatoms. The lowest BCUT2D eigenvalue weighted by Crippen LogP contribution is -2.23. The maximum atomic E-state index is 12.1. The monoisotopic (exact) mass is 396 g/mol. The van der Waals surface area contributed by atoms with Gasteiger partial charge in [-0.2, -0.15) is 0 Å². The van der Waals surface area contributed by atoms with Crippen molar-refractivity contribution in [3.63, 3.8) is 0 Å². The van der Waals surface area contributed by atoms with Gasteiger partial charge in [-0.15, -0.1) is 0 Å². The number of carbonyl (C=O) groups excluding carboxylic acids is 1. The third-order valence-electron chi connectivity index (χ3n) is 6.46. The molecule has 1 aliphatic heterocycles. The van der Waals surface area contributed by atoms with Gasteiger partial charge < -0.3 is 0 Å². The van der Waals surface area contributed by atoms with Crippen molar-refractivity contribution in [1.82, 2.24) is 0 Å². The average molecular weight is 397 g/mol. The normalized spacial score (nSPS) is 19.0. The summed E-state index contributed by atoms with van der Waals surface area (Å²) in [7, 11) is -2.78. The minimum Gasteiger partial charge on any atom is -0.294 e.